The van der Waals surface area contributed by atoms with E-state index in [4.69, 9.17) is 17.0 Å². The fraction of sp³-hybridized carbons (Fsp3) is 0.438. The second kappa shape index (κ2) is 4.86. The molecule has 1 aliphatic heterocycles. The zero-order chi connectivity index (χ0) is 13.5. The van der Waals surface area contributed by atoms with E-state index in [2.05, 4.69) is 33.8 Å². The van der Waals surface area contributed by atoms with Gasteiger partial charge < -0.3 is 14.3 Å². The molecule has 1 aromatic heterocycles. The van der Waals surface area contributed by atoms with E-state index in [0.29, 0.717) is 12.1 Å². The van der Waals surface area contributed by atoms with Crippen molar-refractivity contribution in [3.8, 4) is 11.3 Å². The maximum absolute atomic E-state index is 5.98. The molecule has 20 heavy (non-hydrogen) atoms. The molecule has 0 spiro atoms. The summed E-state index contributed by atoms with van der Waals surface area (Å²) < 4.78 is 9.07. The van der Waals surface area contributed by atoms with Gasteiger partial charge in [0.2, 0.25) is 0 Å². The van der Waals surface area contributed by atoms with Crippen LogP contribution < -0.4 is 0 Å². The summed E-state index contributed by atoms with van der Waals surface area (Å²) in [5.74, 6) is 0.739. The minimum Gasteiger partial charge on any atom is -0.376 e. The highest BCUT2D eigenvalue weighted by atomic mass is 32.1. The average Bonchev–Trinajstić information content (AvgIpc) is 3.09. The minimum absolute atomic E-state index is 0.347. The lowest BCUT2D eigenvalue weighted by molar-refractivity contribution is 0.0751. The van der Waals surface area contributed by atoms with Crippen LogP contribution in [0.1, 0.15) is 25.3 Å². The molecule has 0 bridgehead atoms. The summed E-state index contributed by atoms with van der Waals surface area (Å²) in [4.78, 5) is 3.21. The van der Waals surface area contributed by atoms with Crippen molar-refractivity contribution < 1.29 is 4.74 Å². The highest BCUT2D eigenvalue weighted by molar-refractivity contribution is 7.71. The fourth-order valence-electron chi connectivity index (χ4n) is 3.29. The predicted octanol–water partition coefficient (Wildman–Crippen LogP) is 3.95. The third-order valence-electron chi connectivity index (χ3n) is 4.40. The van der Waals surface area contributed by atoms with Gasteiger partial charge in [-0.2, -0.15) is 0 Å². The lowest BCUT2D eigenvalue weighted by atomic mass is 10.0. The van der Waals surface area contributed by atoms with Gasteiger partial charge in [-0.25, -0.2) is 0 Å². The van der Waals surface area contributed by atoms with E-state index in [1.165, 1.54) is 24.1 Å². The van der Waals surface area contributed by atoms with Crippen molar-refractivity contribution in [2.75, 3.05) is 6.61 Å². The van der Waals surface area contributed by atoms with Gasteiger partial charge >= 0.3 is 0 Å². The molecule has 0 radical (unpaired) electrons. The van der Waals surface area contributed by atoms with Crippen molar-refractivity contribution in [3.63, 3.8) is 0 Å². The molecule has 2 aliphatic rings. The van der Waals surface area contributed by atoms with Crippen LogP contribution in [0.4, 0.5) is 0 Å². The van der Waals surface area contributed by atoms with Crippen LogP contribution >= 0.6 is 12.2 Å². The SMILES string of the molecule is S=c1[nH]cc(-c2ccccc2)n1C1CCOC1C1CC1. The molecule has 4 rings (SSSR count). The number of hydrogen-bond acceptors (Lipinski definition) is 2. The van der Waals surface area contributed by atoms with Gasteiger partial charge in [0, 0.05) is 12.8 Å². The Kier molecular flexibility index (Phi) is 3.00. The first-order valence-electron chi connectivity index (χ1n) is 7.31. The molecule has 1 N–H and O–H groups in total. The van der Waals surface area contributed by atoms with Crippen molar-refractivity contribution in [1.82, 2.24) is 9.55 Å². The number of benzene rings is 1. The predicted molar refractivity (Wildman–Crippen MR) is 81.2 cm³/mol. The minimum atomic E-state index is 0.347. The Hall–Kier alpha value is -1.39. The van der Waals surface area contributed by atoms with E-state index in [-0.39, 0.29) is 0 Å². The second-order valence-electron chi connectivity index (χ2n) is 5.74. The molecule has 1 saturated carbocycles. The number of imidazole rings is 1. The molecule has 2 heterocycles. The number of hydrogen-bond donors (Lipinski definition) is 1. The lowest BCUT2D eigenvalue weighted by Crippen LogP contribution is -2.22. The molecule has 2 aromatic rings. The Morgan fingerprint density at radius 2 is 1.95 bits per heavy atom. The largest absolute Gasteiger partial charge is 0.376 e. The van der Waals surface area contributed by atoms with Crippen molar-refractivity contribution >= 4 is 12.2 Å². The smallest absolute Gasteiger partial charge is 0.177 e. The van der Waals surface area contributed by atoms with Gasteiger partial charge in [0.05, 0.1) is 17.8 Å². The van der Waals surface area contributed by atoms with Crippen LogP contribution in [0.2, 0.25) is 0 Å². The van der Waals surface area contributed by atoms with Crippen LogP contribution in [0.3, 0.4) is 0 Å². The average molecular weight is 286 g/mol. The van der Waals surface area contributed by atoms with E-state index < -0.39 is 0 Å². The Bertz CT molecular complexity index is 657. The van der Waals surface area contributed by atoms with Crippen molar-refractivity contribution in [1.29, 1.82) is 0 Å². The summed E-state index contributed by atoms with van der Waals surface area (Å²) in [7, 11) is 0. The van der Waals surface area contributed by atoms with E-state index >= 15 is 0 Å². The van der Waals surface area contributed by atoms with Gasteiger partial charge in [-0.05, 0) is 43.0 Å². The van der Waals surface area contributed by atoms with Gasteiger partial charge in [0.25, 0.3) is 0 Å². The first-order valence-corrected chi connectivity index (χ1v) is 7.72. The fourth-order valence-corrected chi connectivity index (χ4v) is 3.58. The maximum atomic E-state index is 5.98. The topological polar surface area (TPSA) is 29.9 Å². The summed E-state index contributed by atoms with van der Waals surface area (Å²) in [6.45, 7) is 0.854. The molecule has 1 aliphatic carbocycles. The number of ether oxygens (including phenoxy) is 1. The van der Waals surface area contributed by atoms with Crippen LogP contribution in [-0.4, -0.2) is 22.3 Å². The van der Waals surface area contributed by atoms with Crippen molar-refractivity contribution in [2.45, 2.75) is 31.4 Å². The Morgan fingerprint density at radius 1 is 1.15 bits per heavy atom. The molecule has 2 atom stereocenters. The van der Waals surface area contributed by atoms with Crippen LogP contribution in [-0.2, 0) is 4.74 Å². The third kappa shape index (κ3) is 2.03. The number of nitrogens with zero attached hydrogens (tertiary/aromatic N) is 1. The van der Waals surface area contributed by atoms with E-state index in [1.54, 1.807) is 0 Å². The third-order valence-corrected chi connectivity index (χ3v) is 4.72. The molecule has 4 heteroatoms. The summed E-state index contributed by atoms with van der Waals surface area (Å²) in [5.41, 5.74) is 2.39. The number of rotatable bonds is 3. The zero-order valence-corrected chi connectivity index (χ0v) is 12.1. The Morgan fingerprint density at radius 3 is 2.70 bits per heavy atom. The first-order chi connectivity index (χ1) is 9.84. The number of H-pyrrole nitrogens is 1. The van der Waals surface area contributed by atoms with Crippen LogP contribution in [0.25, 0.3) is 11.3 Å². The molecule has 2 unspecified atom stereocenters. The van der Waals surface area contributed by atoms with Gasteiger partial charge in [-0.15, -0.1) is 0 Å². The molecule has 3 nitrogen and oxygen atoms in total. The second-order valence-corrected chi connectivity index (χ2v) is 6.13. The first kappa shape index (κ1) is 12.4. The van der Waals surface area contributed by atoms with Gasteiger partial charge in [-0.3, -0.25) is 0 Å². The molecular formula is C16H18N2OS. The van der Waals surface area contributed by atoms with Crippen molar-refractivity contribution in [2.24, 2.45) is 5.92 Å². The monoisotopic (exact) mass is 286 g/mol. The van der Waals surface area contributed by atoms with Gasteiger partial charge in [0.15, 0.2) is 4.77 Å². The normalized spacial score (nSPS) is 26.0. The molecule has 1 aromatic carbocycles. The van der Waals surface area contributed by atoms with Crippen LogP contribution in [0, 0.1) is 10.7 Å². The molecule has 104 valence electrons. The molecule has 0 amide bonds. The molecule has 1 saturated heterocycles. The van der Waals surface area contributed by atoms with E-state index in [1.807, 2.05) is 12.3 Å². The highest BCUT2D eigenvalue weighted by Crippen LogP contribution is 2.44. The standard InChI is InChI=1S/C16H18N2OS/c20-16-17-10-14(11-4-2-1-3-5-11)18(16)13-8-9-19-15(13)12-6-7-12/h1-5,10,12-13,15H,6-9H2,(H,17,20). The van der Waals surface area contributed by atoms with Crippen LogP contribution in [0.15, 0.2) is 36.5 Å². The summed E-state index contributed by atoms with van der Waals surface area (Å²) in [6.07, 6.45) is 6.05. The van der Waals surface area contributed by atoms with Gasteiger partial charge in [0.1, 0.15) is 0 Å². The number of aromatic nitrogens is 2. The summed E-state index contributed by atoms with van der Waals surface area (Å²) in [5, 5.41) is 0. The molecular weight excluding hydrogens is 268 g/mol. The summed E-state index contributed by atoms with van der Waals surface area (Å²) >= 11 is 5.52. The Balaban J connectivity index is 1.78. The lowest BCUT2D eigenvalue weighted by Gasteiger charge is -2.22. The van der Waals surface area contributed by atoms with Gasteiger partial charge in [-0.1, -0.05) is 30.3 Å². The summed E-state index contributed by atoms with van der Waals surface area (Å²) in [6, 6.07) is 10.8. The number of aromatic amines is 1. The maximum Gasteiger partial charge on any atom is 0.177 e. The zero-order valence-electron chi connectivity index (χ0n) is 11.3. The quantitative estimate of drug-likeness (QED) is 0.866. The van der Waals surface area contributed by atoms with Crippen LogP contribution in [0.5, 0.6) is 0 Å². The molecule has 2 fully saturated rings. The van der Waals surface area contributed by atoms with E-state index in [9.17, 15) is 0 Å². The van der Waals surface area contributed by atoms with E-state index in [0.717, 1.165) is 23.7 Å². The van der Waals surface area contributed by atoms with Crippen molar-refractivity contribution in [3.05, 3.63) is 41.3 Å². The number of nitrogens with one attached hydrogen (secondary N) is 1. The Labute approximate surface area is 123 Å². The highest BCUT2D eigenvalue weighted by Gasteiger charge is 2.42.